The van der Waals surface area contributed by atoms with E-state index in [4.69, 9.17) is 0 Å². The summed E-state index contributed by atoms with van der Waals surface area (Å²) in [7, 11) is 0. The molecule has 0 radical (unpaired) electrons. The second-order valence-electron chi connectivity index (χ2n) is 6.15. The molecule has 1 N–H and O–H groups in total. The van der Waals surface area contributed by atoms with Crippen LogP contribution in [0.5, 0.6) is 0 Å². The van der Waals surface area contributed by atoms with E-state index in [-0.39, 0.29) is 5.91 Å². The maximum atomic E-state index is 12.7. The number of aromatic nitrogens is 2. The van der Waals surface area contributed by atoms with Crippen LogP contribution in [0.3, 0.4) is 0 Å². The van der Waals surface area contributed by atoms with Gasteiger partial charge < -0.3 is 9.72 Å². The number of carbonyl (C=O) groups is 1. The summed E-state index contributed by atoms with van der Waals surface area (Å²) >= 11 is 0. The Hall–Kier alpha value is -3.40. The number of hydrogen-bond acceptors (Lipinski definition) is 2. The van der Waals surface area contributed by atoms with E-state index in [0.717, 1.165) is 34.6 Å². The molecule has 0 atom stereocenters. The van der Waals surface area contributed by atoms with Crippen LogP contribution in [0.15, 0.2) is 79.1 Å². The smallest absolute Gasteiger partial charge is 0.255 e. The van der Waals surface area contributed by atoms with Gasteiger partial charge in [0.05, 0.1) is 11.4 Å². The van der Waals surface area contributed by atoms with E-state index in [2.05, 4.69) is 17.2 Å². The molecule has 0 spiro atoms. The van der Waals surface area contributed by atoms with Crippen LogP contribution in [-0.2, 0) is 6.42 Å². The monoisotopic (exact) mass is 401 g/mol. The Kier molecular flexibility index (Phi) is 8.82. The topological polar surface area (TPSA) is 46.4 Å². The van der Waals surface area contributed by atoms with E-state index in [9.17, 15) is 4.79 Å². The zero-order valence-corrected chi connectivity index (χ0v) is 18.5. The second-order valence-corrected chi connectivity index (χ2v) is 6.15. The number of nitrogens with zero attached hydrogens (tertiary/aromatic N) is 2. The lowest BCUT2D eigenvalue weighted by molar-refractivity contribution is 0.102. The van der Waals surface area contributed by atoms with E-state index in [1.807, 2.05) is 111 Å². The number of imidazole rings is 1. The summed E-state index contributed by atoms with van der Waals surface area (Å²) in [6, 6.07) is 21.3. The molecule has 0 aliphatic heterocycles. The summed E-state index contributed by atoms with van der Waals surface area (Å²) in [4.78, 5) is 17.4. The molecule has 2 heterocycles. The van der Waals surface area contributed by atoms with Crippen molar-refractivity contribution in [1.82, 2.24) is 9.38 Å². The minimum Gasteiger partial charge on any atom is -0.321 e. The number of amides is 1. The van der Waals surface area contributed by atoms with E-state index < -0.39 is 0 Å². The molecule has 2 aromatic carbocycles. The predicted octanol–water partition coefficient (Wildman–Crippen LogP) is 6.87. The second kappa shape index (κ2) is 11.6. The Morgan fingerprint density at radius 3 is 2.40 bits per heavy atom. The minimum absolute atomic E-state index is 0.114. The average Bonchev–Trinajstić information content (AvgIpc) is 3.26. The third-order valence-corrected chi connectivity index (χ3v) is 4.41. The number of pyridine rings is 1. The molecular weight excluding hydrogens is 370 g/mol. The molecule has 2 aromatic heterocycles. The Morgan fingerprint density at radius 2 is 1.67 bits per heavy atom. The van der Waals surface area contributed by atoms with E-state index in [1.165, 1.54) is 0 Å². The number of rotatable bonds is 4. The molecule has 4 heteroatoms. The number of carbonyl (C=O) groups excluding carboxylic acids is 1. The summed E-state index contributed by atoms with van der Waals surface area (Å²) in [5, 5.41) is 3.03. The first-order chi connectivity index (χ1) is 14.7. The lowest BCUT2D eigenvalue weighted by Crippen LogP contribution is -2.12. The zero-order chi connectivity index (χ0) is 21.9. The highest BCUT2D eigenvalue weighted by Crippen LogP contribution is 2.27. The van der Waals surface area contributed by atoms with Crippen molar-refractivity contribution in [3.05, 3.63) is 90.3 Å². The van der Waals surface area contributed by atoms with Crippen LogP contribution in [0.25, 0.3) is 16.9 Å². The van der Waals surface area contributed by atoms with Gasteiger partial charge in [0.25, 0.3) is 5.91 Å². The van der Waals surface area contributed by atoms with Crippen molar-refractivity contribution in [1.29, 1.82) is 0 Å². The van der Waals surface area contributed by atoms with Crippen LogP contribution in [0.4, 0.5) is 5.69 Å². The molecule has 4 rings (SSSR count). The van der Waals surface area contributed by atoms with Crippen LogP contribution in [-0.4, -0.2) is 15.3 Å². The van der Waals surface area contributed by atoms with Crippen LogP contribution in [0.1, 0.15) is 50.5 Å². The third-order valence-electron chi connectivity index (χ3n) is 4.41. The molecule has 0 aliphatic carbocycles. The average molecular weight is 402 g/mol. The number of hydrogen-bond donors (Lipinski definition) is 1. The molecule has 0 fully saturated rings. The molecule has 156 valence electrons. The fraction of sp³-hybridized carbons (Fsp3) is 0.231. The Bertz CT molecular complexity index is 1050. The summed E-state index contributed by atoms with van der Waals surface area (Å²) in [5.74, 6) is -0.114. The van der Waals surface area contributed by atoms with Gasteiger partial charge in [0, 0.05) is 23.5 Å². The number of anilines is 1. The number of fused-ring (bicyclic) bond motifs is 1. The summed E-state index contributed by atoms with van der Waals surface area (Å²) in [6.07, 6.45) is 4.83. The van der Waals surface area contributed by atoms with Crippen LogP contribution in [0.2, 0.25) is 0 Å². The molecule has 0 saturated heterocycles. The molecule has 0 aliphatic rings. The van der Waals surface area contributed by atoms with Gasteiger partial charge >= 0.3 is 0 Å². The van der Waals surface area contributed by atoms with Gasteiger partial charge in [-0.05, 0) is 42.3 Å². The van der Waals surface area contributed by atoms with Crippen molar-refractivity contribution in [3.8, 4) is 11.3 Å². The van der Waals surface area contributed by atoms with E-state index in [0.29, 0.717) is 5.56 Å². The largest absolute Gasteiger partial charge is 0.321 e. The van der Waals surface area contributed by atoms with Crippen molar-refractivity contribution in [2.75, 3.05) is 5.32 Å². The molecule has 0 bridgehead atoms. The number of nitrogens with one attached hydrogen (secondary N) is 1. The quantitative estimate of drug-likeness (QED) is 0.406. The highest BCUT2D eigenvalue weighted by Gasteiger charge is 2.12. The highest BCUT2D eigenvalue weighted by atomic mass is 16.1. The molecule has 4 aromatic rings. The Labute approximate surface area is 179 Å². The molecule has 1 amide bonds. The van der Waals surface area contributed by atoms with Crippen LogP contribution in [0, 0.1) is 0 Å². The first-order valence-electron chi connectivity index (χ1n) is 10.7. The van der Waals surface area contributed by atoms with Crippen molar-refractivity contribution < 1.29 is 4.79 Å². The van der Waals surface area contributed by atoms with Gasteiger partial charge in [-0.15, -0.1) is 0 Å². The van der Waals surface area contributed by atoms with Crippen molar-refractivity contribution in [3.63, 3.8) is 0 Å². The first kappa shape index (κ1) is 22.9. The van der Waals surface area contributed by atoms with Gasteiger partial charge in [0.2, 0.25) is 0 Å². The highest BCUT2D eigenvalue weighted by molar-refractivity contribution is 6.06. The lowest BCUT2D eigenvalue weighted by Gasteiger charge is -2.10. The third kappa shape index (κ3) is 5.35. The van der Waals surface area contributed by atoms with Crippen LogP contribution < -0.4 is 5.32 Å². The normalized spacial score (nSPS) is 9.77. The van der Waals surface area contributed by atoms with Gasteiger partial charge in [-0.2, -0.15) is 0 Å². The molecule has 4 nitrogen and oxygen atoms in total. The SMILES string of the molecule is CC.CC.CCc1cccc(C(=O)Nc2ccccc2-c2cn3ccccc3n2)c1. The van der Waals surface area contributed by atoms with Gasteiger partial charge in [-0.25, -0.2) is 4.98 Å². The standard InChI is InChI=1S/C22H19N3O.2C2H6/c1-2-16-8-7-9-17(14-16)22(26)24-19-11-4-3-10-18(19)20-15-25-13-6-5-12-21(25)23-20;2*1-2/h3-15H,2H2,1H3,(H,24,26);2*1-2H3. The van der Waals surface area contributed by atoms with Gasteiger partial charge in [0.1, 0.15) is 5.65 Å². The maximum Gasteiger partial charge on any atom is 0.255 e. The lowest BCUT2D eigenvalue weighted by atomic mass is 10.1. The molecule has 0 saturated carbocycles. The number of para-hydroxylation sites is 1. The molecule has 30 heavy (non-hydrogen) atoms. The van der Waals surface area contributed by atoms with Gasteiger partial charge in [0.15, 0.2) is 0 Å². The Morgan fingerprint density at radius 1 is 0.933 bits per heavy atom. The van der Waals surface area contributed by atoms with E-state index in [1.54, 1.807) is 0 Å². The minimum atomic E-state index is -0.114. The van der Waals surface area contributed by atoms with E-state index >= 15 is 0 Å². The maximum absolute atomic E-state index is 12.7. The predicted molar refractivity (Wildman–Crippen MR) is 127 cm³/mol. The van der Waals surface area contributed by atoms with Gasteiger partial charge in [-0.1, -0.05) is 71.0 Å². The summed E-state index contributed by atoms with van der Waals surface area (Å²) < 4.78 is 1.97. The van der Waals surface area contributed by atoms with Crippen molar-refractivity contribution >= 4 is 17.2 Å². The molecular formula is C26H31N3O. The summed E-state index contributed by atoms with van der Waals surface area (Å²) in [6.45, 7) is 10.1. The molecule has 0 unspecified atom stereocenters. The first-order valence-corrected chi connectivity index (χ1v) is 10.7. The Balaban J connectivity index is 0.000000757. The number of benzene rings is 2. The van der Waals surface area contributed by atoms with Crippen LogP contribution >= 0.6 is 0 Å². The van der Waals surface area contributed by atoms with Gasteiger partial charge in [-0.3, -0.25) is 4.79 Å². The fourth-order valence-electron chi connectivity index (χ4n) is 3.01. The summed E-state index contributed by atoms with van der Waals surface area (Å²) in [5.41, 5.74) is 5.16. The van der Waals surface area contributed by atoms with Crippen molar-refractivity contribution in [2.24, 2.45) is 0 Å². The number of aryl methyl sites for hydroxylation is 1. The van der Waals surface area contributed by atoms with Crippen molar-refractivity contribution in [2.45, 2.75) is 41.0 Å². The fourth-order valence-corrected chi connectivity index (χ4v) is 3.01. The zero-order valence-electron chi connectivity index (χ0n) is 18.5.